The van der Waals surface area contributed by atoms with Gasteiger partial charge in [0.15, 0.2) is 0 Å². The first-order chi connectivity index (χ1) is 12.2. The highest BCUT2D eigenvalue weighted by Crippen LogP contribution is 2.19. The molecule has 25 heavy (non-hydrogen) atoms. The Labute approximate surface area is 148 Å². The maximum Gasteiger partial charge on any atom is 0.229 e. The third-order valence-corrected chi connectivity index (χ3v) is 3.45. The third-order valence-electron chi connectivity index (χ3n) is 3.45. The molecule has 0 saturated carbocycles. The van der Waals surface area contributed by atoms with E-state index in [1.165, 1.54) is 5.56 Å². The lowest BCUT2D eigenvalue weighted by atomic mass is 10.2. The lowest BCUT2D eigenvalue weighted by Crippen LogP contribution is -2.05. The standard InChI is InChI=1S/C20H22N4O/c1-15(2)25-18-10-8-17(9-11-18)23-20-21-13-12-19(24-20)22-14-16-6-4-3-5-7-16/h3-13,15H,14H2,1-2H3,(H2,21,22,23,24). The van der Waals surface area contributed by atoms with Crippen molar-refractivity contribution in [2.45, 2.75) is 26.5 Å². The van der Waals surface area contributed by atoms with Crippen LogP contribution in [0.4, 0.5) is 17.5 Å². The van der Waals surface area contributed by atoms with Crippen LogP contribution < -0.4 is 15.4 Å². The second-order valence-electron chi connectivity index (χ2n) is 5.92. The summed E-state index contributed by atoms with van der Waals surface area (Å²) in [6.45, 7) is 4.74. The molecule has 0 aliphatic carbocycles. The molecule has 2 aromatic carbocycles. The van der Waals surface area contributed by atoms with Crippen molar-refractivity contribution in [1.29, 1.82) is 0 Å². The van der Waals surface area contributed by atoms with E-state index in [1.807, 2.05) is 62.4 Å². The van der Waals surface area contributed by atoms with Crippen LogP contribution in [-0.4, -0.2) is 16.1 Å². The normalized spacial score (nSPS) is 10.5. The molecule has 0 saturated heterocycles. The van der Waals surface area contributed by atoms with Crippen LogP contribution in [0.15, 0.2) is 66.9 Å². The van der Waals surface area contributed by atoms with Crippen LogP contribution in [0.25, 0.3) is 0 Å². The number of hydrogen-bond donors (Lipinski definition) is 2. The lowest BCUT2D eigenvalue weighted by molar-refractivity contribution is 0.242. The Morgan fingerprint density at radius 1 is 0.960 bits per heavy atom. The highest BCUT2D eigenvalue weighted by atomic mass is 16.5. The quantitative estimate of drug-likeness (QED) is 0.660. The summed E-state index contributed by atoms with van der Waals surface area (Å²) in [6.07, 6.45) is 1.90. The van der Waals surface area contributed by atoms with Gasteiger partial charge in [-0.25, -0.2) is 4.98 Å². The van der Waals surface area contributed by atoms with E-state index < -0.39 is 0 Å². The molecule has 0 atom stereocenters. The molecule has 0 bridgehead atoms. The molecule has 1 aromatic heterocycles. The molecule has 0 unspecified atom stereocenters. The number of nitrogens with zero attached hydrogens (tertiary/aromatic N) is 2. The molecular formula is C20H22N4O. The van der Waals surface area contributed by atoms with Crippen LogP contribution in [0.3, 0.4) is 0 Å². The van der Waals surface area contributed by atoms with Crippen molar-refractivity contribution in [1.82, 2.24) is 9.97 Å². The van der Waals surface area contributed by atoms with Gasteiger partial charge >= 0.3 is 0 Å². The fourth-order valence-electron chi connectivity index (χ4n) is 2.32. The molecule has 0 fully saturated rings. The zero-order chi connectivity index (χ0) is 17.5. The molecule has 0 aliphatic heterocycles. The molecule has 2 N–H and O–H groups in total. The highest BCUT2D eigenvalue weighted by Gasteiger charge is 2.02. The summed E-state index contributed by atoms with van der Waals surface area (Å²) < 4.78 is 5.64. The summed E-state index contributed by atoms with van der Waals surface area (Å²) in [7, 11) is 0. The molecule has 0 radical (unpaired) electrons. The van der Waals surface area contributed by atoms with Crippen molar-refractivity contribution in [2.24, 2.45) is 0 Å². The Balaban J connectivity index is 1.61. The topological polar surface area (TPSA) is 59.1 Å². The summed E-state index contributed by atoms with van der Waals surface area (Å²) in [6, 6.07) is 19.8. The minimum atomic E-state index is 0.162. The Morgan fingerprint density at radius 3 is 2.44 bits per heavy atom. The first kappa shape index (κ1) is 16.8. The molecule has 1 heterocycles. The van der Waals surface area contributed by atoms with Crippen molar-refractivity contribution >= 4 is 17.5 Å². The highest BCUT2D eigenvalue weighted by molar-refractivity contribution is 5.55. The van der Waals surface area contributed by atoms with Crippen LogP contribution in [-0.2, 0) is 6.54 Å². The first-order valence-corrected chi connectivity index (χ1v) is 8.33. The van der Waals surface area contributed by atoms with Gasteiger partial charge in [0.25, 0.3) is 0 Å². The molecular weight excluding hydrogens is 312 g/mol. The fourth-order valence-corrected chi connectivity index (χ4v) is 2.32. The van der Waals surface area contributed by atoms with E-state index in [-0.39, 0.29) is 6.10 Å². The summed E-state index contributed by atoms with van der Waals surface area (Å²) in [5, 5.41) is 6.51. The summed E-state index contributed by atoms with van der Waals surface area (Å²) in [5.74, 6) is 2.18. The van der Waals surface area contributed by atoms with E-state index in [9.17, 15) is 0 Å². The number of nitrogens with one attached hydrogen (secondary N) is 2. The van der Waals surface area contributed by atoms with E-state index in [0.717, 1.165) is 23.8 Å². The molecule has 5 heteroatoms. The van der Waals surface area contributed by atoms with Crippen LogP contribution in [0.2, 0.25) is 0 Å². The van der Waals surface area contributed by atoms with Crippen molar-refractivity contribution < 1.29 is 4.74 Å². The summed E-state index contributed by atoms with van der Waals surface area (Å²) in [4.78, 5) is 8.76. The van der Waals surface area contributed by atoms with Crippen molar-refractivity contribution in [3.63, 3.8) is 0 Å². The fraction of sp³-hybridized carbons (Fsp3) is 0.200. The molecule has 5 nitrogen and oxygen atoms in total. The maximum atomic E-state index is 5.64. The molecule has 3 aromatic rings. The second kappa shape index (κ2) is 8.15. The minimum absolute atomic E-state index is 0.162. The van der Waals surface area contributed by atoms with E-state index >= 15 is 0 Å². The largest absolute Gasteiger partial charge is 0.491 e. The van der Waals surface area contributed by atoms with Gasteiger partial charge in [0, 0.05) is 18.4 Å². The molecule has 128 valence electrons. The number of aromatic nitrogens is 2. The van der Waals surface area contributed by atoms with Gasteiger partial charge in [-0.3, -0.25) is 0 Å². The molecule has 0 aliphatic rings. The molecule has 3 rings (SSSR count). The Bertz CT molecular complexity index is 788. The van der Waals surface area contributed by atoms with Crippen LogP contribution >= 0.6 is 0 Å². The van der Waals surface area contributed by atoms with E-state index in [2.05, 4.69) is 32.7 Å². The number of hydrogen-bond acceptors (Lipinski definition) is 5. The van der Waals surface area contributed by atoms with Gasteiger partial charge in [-0.15, -0.1) is 0 Å². The summed E-state index contributed by atoms with van der Waals surface area (Å²) in [5.41, 5.74) is 2.12. The van der Waals surface area contributed by atoms with Crippen LogP contribution in [0.1, 0.15) is 19.4 Å². The average Bonchev–Trinajstić information content (AvgIpc) is 2.62. The van der Waals surface area contributed by atoms with E-state index in [1.54, 1.807) is 6.20 Å². The predicted molar refractivity (Wildman–Crippen MR) is 101 cm³/mol. The van der Waals surface area contributed by atoms with E-state index in [4.69, 9.17) is 4.74 Å². The third kappa shape index (κ3) is 5.21. The summed E-state index contributed by atoms with van der Waals surface area (Å²) >= 11 is 0. The Hall–Kier alpha value is -3.08. The first-order valence-electron chi connectivity index (χ1n) is 8.33. The smallest absolute Gasteiger partial charge is 0.229 e. The van der Waals surface area contributed by atoms with Gasteiger partial charge in [-0.2, -0.15) is 4.98 Å². The van der Waals surface area contributed by atoms with E-state index in [0.29, 0.717) is 5.95 Å². The zero-order valence-electron chi connectivity index (χ0n) is 14.4. The second-order valence-corrected chi connectivity index (χ2v) is 5.92. The van der Waals surface area contributed by atoms with Crippen molar-refractivity contribution in [3.05, 3.63) is 72.4 Å². The number of rotatable bonds is 7. The average molecular weight is 334 g/mol. The number of anilines is 3. The van der Waals surface area contributed by atoms with Gasteiger partial charge in [0.2, 0.25) is 5.95 Å². The Kier molecular flexibility index (Phi) is 5.46. The van der Waals surface area contributed by atoms with Gasteiger partial charge in [0.05, 0.1) is 6.10 Å². The zero-order valence-corrected chi connectivity index (χ0v) is 14.4. The monoisotopic (exact) mass is 334 g/mol. The van der Waals surface area contributed by atoms with Crippen LogP contribution in [0.5, 0.6) is 5.75 Å². The van der Waals surface area contributed by atoms with Gasteiger partial charge in [-0.05, 0) is 49.7 Å². The number of benzene rings is 2. The minimum Gasteiger partial charge on any atom is -0.491 e. The van der Waals surface area contributed by atoms with Gasteiger partial charge in [0.1, 0.15) is 11.6 Å². The van der Waals surface area contributed by atoms with Gasteiger partial charge in [-0.1, -0.05) is 30.3 Å². The SMILES string of the molecule is CC(C)Oc1ccc(Nc2nccc(NCc3ccccc3)n2)cc1. The number of ether oxygens (including phenoxy) is 1. The van der Waals surface area contributed by atoms with Crippen LogP contribution in [0, 0.1) is 0 Å². The predicted octanol–water partition coefficient (Wildman–Crippen LogP) is 4.62. The Morgan fingerprint density at radius 2 is 1.72 bits per heavy atom. The van der Waals surface area contributed by atoms with Gasteiger partial charge < -0.3 is 15.4 Å². The van der Waals surface area contributed by atoms with Crippen molar-refractivity contribution in [2.75, 3.05) is 10.6 Å². The lowest BCUT2D eigenvalue weighted by Gasteiger charge is -2.11. The maximum absolute atomic E-state index is 5.64. The van der Waals surface area contributed by atoms with Crippen molar-refractivity contribution in [3.8, 4) is 5.75 Å². The molecule has 0 amide bonds. The molecule has 0 spiro atoms.